The molecule has 0 aromatic heterocycles. The van der Waals surface area contributed by atoms with Crippen molar-refractivity contribution >= 4 is 18.3 Å². The summed E-state index contributed by atoms with van der Waals surface area (Å²) < 4.78 is 27.1. The molecule has 0 aliphatic carbocycles. The second-order valence-electron chi connectivity index (χ2n) is 5.75. The van der Waals surface area contributed by atoms with Crippen molar-refractivity contribution in [2.24, 2.45) is 0 Å². The van der Waals surface area contributed by atoms with Gasteiger partial charge in [-0.1, -0.05) is 24.3 Å². The van der Waals surface area contributed by atoms with Gasteiger partial charge in [0.05, 0.1) is 5.56 Å². The highest BCUT2D eigenvalue weighted by Gasteiger charge is 2.21. The average Bonchev–Trinajstić information content (AvgIpc) is 2.56. The van der Waals surface area contributed by atoms with Crippen LogP contribution in [0.1, 0.15) is 33.1 Å². The van der Waals surface area contributed by atoms with E-state index in [-0.39, 0.29) is 29.6 Å². The van der Waals surface area contributed by atoms with Crippen molar-refractivity contribution in [1.82, 2.24) is 10.6 Å². The summed E-state index contributed by atoms with van der Waals surface area (Å²) in [4.78, 5) is 12.2. The van der Waals surface area contributed by atoms with Crippen LogP contribution in [-0.4, -0.2) is 19.0 Å². The van der Waals surface area contributed by atoms with Crippen molar-refractivity contribution in [2.45, 2.75) is 19.4 Å². The van der Waals surface area contributed by atoms with Crippen LogP contribution in [0.3, 0.4) is 0 Å². The number of carbonyl (C=O) groups excluding carboxylic acids is 1. The maximum Gasteiger partial charge on any atom is 0.254 e. The Labute approximate surface area is 145 Å². The molecule has 0 bridgehead atoms. The molecular formula is C18H19ClF2N2O. The van der Waals surface area contributed by atoms with Gasteiger partial charge >= 0.3 is 0 Å². The molecule has 2 aromatic rings. The normalized spacial score (nSPS) is 16.0. The fourth-order valence-corrected chi connectivity index (χ4v) is 2.90. The molecule has 6 heteroatoms. The van der Waals surface area contributed by atoms with Gasteiger partial charge in [-0.25, -0.2) is 8.78 Å². The molecule has 0 saturated heterocycles. The zero-order valence-corrected chi connectivity index (χ0v) is 14.1. The molecule has 24 heavy (non-hydrogen) atoms. The average molecular weight is 353 g/mol. The monoisotopic (exact) mass is 352 g/mol. The van der Waals surface area contributed by atoms with Crippen LogP contribution >= 0.6 is 12.4 Å². The zero-order chi connectivity index (χ0) is 16.4. The quantitative estimate of drug-likeness (QED) is 0.889. The highest BCUT2D eigenvalue weighted by Crippen LogP contribution is 2.22. The van der Waals surface area contributed by atoms with Crippen molar-refractivity contribution in [2.75, 3.05) is 13.1 Å². The van der Waals surface area contributed by atoms with Gasteiger partial charge in [-0.2, -0.15) is 0 Å². The molecule has 0 saturated carbocycles. The Balaban J connectivity index is 0.00000208. The van der Waals surface area contributed by atoms with E-state index in [0.717, 1.165) is 24.6 Å². The standard InChI is InChI=1S/C18H18F2N2O.ClH/c1-11-8-14(16(20)9-15(11)19)18(23)22-10-17-13-5-3-2-4-12(13)6-7-21-17;/h2-5,8-9,17,21H,6-7,10H2,1H3,(H,22,23);1H. The highest BCUT2D eigenvalue weighted by atomic mass is 35.5. The van der Waals surface area contributed by atoms with E-state index in [0.29, 0.717) is 6.54 Å². The van der Waals surface area contributed by atoms with Gasteiger partial charge in [-0.15, -0.1) is 12.4 Å². The summed E-state index contributed by atoms with van der Waals surface area (Å²) in [5, 5.41) is 6.08. The summed E-state index contributed by atoms with van der Waals surface area (Å²) in [6.07, 6.45) is 0.951. The van der Waals surface area contributed by atoms with Gasteiger partial charge in [0.25, 0.3) is 5.91 Å². The van der Waals surface area contributed by atoms with Crippen LogP contribution in [0.15, 0.2) is 36.4 Å². The lowest BCUT2D eigenvalue weighted by molar-refractivity contribution is 0.0945. The van der Waals surface area contributed by atoms with Crippen LogP contribution in [0.25, 0.3) is 0 Å². The largest absolute Gasteiger partial charge is 0.350 e. The SMILES string of the molecule is Cc1cc(C(=O)NCC2NCCc3ccccc32)c(F)cc1F.Cl. The number of amides is 1. The van der Waals surface area contributed by atoms with E-state index in [1.807, 2.05) is 18.2 Å². The van der Waals surface area contributed by atoms with Crippen molar-refractivity contribution in [1.29, 1.82) is 0 Å². The minimum atomic E-state index is -0.845. The third kappa shape index (κ3) is 3.74. The maximum absolute atomic E-state index is 13.8. The molecule has 1 unspecified atom stereocenters. The second kappa shape index (κ2) is 7.73. The van der Waals surface area contributed by atoms with Gasteiger partial charge in [0.1, 0.15) is 11.6 Å². The topological polar surface area (TPSA) is 41.1 Å². The first-order chi connectivity index (χ1) is 11.1. The first-order valence-corrected chi connectivity index (χ1v) is 7.61. The van der Waals surface area contributed by atoms with Gasteiger partial charge in [0, 0.05) is 18.7 Å². The Morgan fingerprint density at radius 2 is 2.00 bits per heavy atom. The van der Waals surface area contributed by atoms with Gasteiger partial charge in [0.15, 0.2) is 0 Å². The fraction of sp³-hybridized carbons (Fsp3) is 0.278. The number of hydrogen-bond acceptors (Lipinski definition) is 2. The van der Waals surface area contributed by atoms with Gasteiger partial charge in [-0.05, 0) is 42.6 Å². The Morgan fingerprint density at radius 1 is 1.25 bits per heavy atom. The van der Waals surface area contributed by atoms with Crippen molar-refractivity contribution in [3.8, 4) is 0 Å². The molecule has 128 valence electrons. The molecule has 1 aliphatic heterocycles. The Kier molecular flexibility index (Phi) is 5.91. The molecular weight excluding hydrogens is 334 g/mol. The molecule has 2 aromatic carbocycles. The first-order valence-electron chi connectivity index (χ1n) is 7.61. The zero-order valence-electron chi connectivity index (χ0n) is 13.2. The number of carbonyl (C=O) groups is 1. The summed E-state index contributed by atoms with van der Waals surface area (Å²) in [5.41, 5.74) is 2.52. The summed E-state index contributed by atoms with van der Waals surface area (Å²) in [6, 6.07) is 10.0. The van der Waals surface area contributed by atoms with E-state index < -0.39 is 17.5 Å². The van der Waals surface area contributed by atoms with Crippen molar-refractivity contribution in [3.05, 3.63) is 70.3 Å². The van der Waals surface area contributed by atoms with Gasteiger partial charge in [-0.3, -0.25) is 4.79 Å². The molecule has 2 N–H and O–H groups in total. The van der Waals surface area contributed by atoms with Crippen LogP contribution in [0.4, 0.5) is 8.78 Å². The Bertz CT molecular complexity index is 752. The Morgan fingerprint density at radius 3 is 2.79 bits per heavy atom. The lowest BCUT2D eigenvalue weighted by atomic mass is 9.94. The lowest BCUT2D eigenvalue weighted by Gasteiger charge is -2.27. The van der Waals surface area contributed by atoms with E-state index in [2.05, 4.69) is 16.7 Å². The molecule has 3 rings (SSSR count). The van der Waals surface area contributed by atoms with E-state index >= 15 is 0 Å². The van der Waals surface area contributed by atoms with E-state index in [4.69, 9.17) is 0 Å². The smallest absolute Gasteiger partial charge is 0.254 e. The van der Waals surface area contributed by atoms with Crippen LogP contribution in [0.5, 0.6) is 0 Å². The lowest BCUT2D eigenvalue weighted by Crippen LogP contribution is -2.39. The van der Waals surface area contributed by atoms with Crippen LogP contribution in [0.2, 0.25) is 0 Å². The predicted octanol–water partition coefficient (Wildman–Crippen LogP) is 3.31. The number of aryl methyl sites for hydroxylation is 1. The molecule has 1 atom stereocenters. The highest BCUT2D eigenvalue weighted by molar-refractivity contribution is 5.94. The Hall–Kier alpha value is -1.98. The summed E-state index contributed by atoms with van der Waals surface area (Å²) >= 11 is 0. The molecule has 1 heterocycles. The third-order valence-electron chi connectivity index (χ3n) is 4.18. The van der Waals surface area contributed by atoms with Gasteiger partial charge in [0.2, 0.25) is 0 Å². The van der Waals surface area contributed by atoms with E-state index in [1.165, 1.54) is 18.6 Å². The predicted molar refractivity (Wildman–Crippen MR) is 91.6 cm³/mol. The number of rotatable bonds is 3. The van der Waals surface area contributed by atoms with E-state index in [9.17, 15) is 13.6 Å². The minimum absolute atomic E-state index is 0. The fourth-order valence-electron chi connectivity index (χ4n) is 2.90. The summed E-state index contributed by atoms with van der Waals surface area (Å²) in [7, 11) is 0. The summed E-state index contributed by atoms with van der Waals surface area (Å²) in [5.74, 6) is -2.03. The van der Waals surface area contributed by atoms with E-state index in [1.54, 1.807) is 0 Å². The maximum atomic E-state index is 13.8. The first kappa shape index (κ1) is 18.4. The minimum Gasteiger partial charge on any atom is -0.350 e. The molecule has 0 spiro atoms. The number of benzene rings is 2. The number of fused-ring (bicyclic) bond motifs is 1. The van der Waals surface area contributed by atoms with Gasteiger partial charge < -0.3 is 10.6 Å². The molecule has 1 aliphatic rings. The molecule has 1 amide bonds. The molecule has 0 radical (unpaired) electrons. The number of halogens is 3. The van der Waals surface area contributed by atoms with Crippen molar-refractivity contribution in [3.63, 3.8) is 0 Å². The van der Waals surface area contributed by atoms with Crippen LogP contribution in [-0.2, 0) is 6.42 Å². The third-order valence-corrected chi connectivity index (χ3v) is 4.18. The number of hydrogen-bond donors (Lipinski definition) is 2. The summed E-state index contributed by atoms with van der Waals surface area (Å²) in [6.45, 7) is 2.69. The van der Waals surface area contributed by atoms with Crippen molar-refractivity contribution < 1.29 is 13.6 Å². The number of nitrogens with one attached hydrogen (secondary N) is 2. The molecule has 0 fully saturated rings. The van der Waals surface area contributed by atoms with Crippen LogP contribution < -0.4 is 10.6 Å². The second-order valence-corrected chi connectivity index (χ2v) is 5.75. The van der Waals surface area contributed by atoms with Crippen LogP contribution in [0, 0.1) is 18.6 Å². The molecule has 3 nitrogen and oxygen atoms in total.